The molecule has 0 bridgehead atoms. The zero-order chi connectivity index (χ0) is 23.4. The number of Topliss-reactive ketones (excluding diaryl/α,β-unsaturated/α-hetero) is 1. The van der Waals surface area contributed by atoms with E-state index in [4.69, 9.17) is 32.7 Å². The number of H-pyrrole nitrogens is 1. The zero-order valence-corrected chi connectivity index (χ0v) is 19.2. The molecule has 0 aliphatic carbocycles. The molecule has 172 valence electrons. The van der Waals surface area contributed by atoms with Crippen LogP contribution < -0.4 is 11.2 Å². The molecule has 3 rings (SSSR count). The van der Waals surface area contributed by atoms with Crippen LogP contribution in [0.1, 0.15) is 50.5 Å². The van der Waals surface area contributed by atoms with Crippen LogP contribution in [0.3, 0.4) is 0 Å². The summed E-state index contributed by atoms with van der Waals surface area (Å²) < 4.78 is 12.7. The highest BCUT2D eigenvalue weighted by atomic mass is 35.5. The second-order valence-electron chi connectivity index (χ2n) is 7.64. The largest absolute Gasteiger partial charge is 0.460 e. The summed E-state index contributed by atoms with van der Waals surface area (Å²) >= 11 is 12.3. The number of aromatic nitrogens is 2. The Bertz CT molecular complexity index is 1110. The molecule has 0 amide bonds. The maximum atomic E-state index is 12.6. The van der Waals surface area contributed by atoms with Crippen LogP contribution in [0, 0.1) is 0 Å². The molecule has 1 aliphatic heterocycles. The molecule has 2 aromatic rings. The maximum Gasteiger partial charge on any atom is 0.330 e. The fourth-order valence-electron chi connectivity index (χ4n) is 3.75. The fourth-order valence-corrected chi connectivity index (χ4v) is 4.28. The van der Waals surface area contributed by atoms with Crippen molar-refractivity contribution in [3.63, 3.8) is 0 Å². The molecule has 1 aliphatic rings. The minimum absolute atomic E-state index is 0.0755. The minimum Gasteiger partial charge on any atom is -0.460 e. The predicted octanol–water partition coefficient (Wildman–Crippen LogP) is 3.22. The van der Waals surface area contributed by atoms with Crippen molar-refractivity contribution in [2.24, 2.45) is 0 Å². The Hall–Kier alpha value is -2.42. The average molecular weight is 483 g/mol. The van der Waals surface area contributed by atoms with Crippen molar-refractivity contribution in [1.82, 2.24) is 9.55 Å². The molecule has 1 aromatic carbocycles. The fraction of sp³-hybridized carbons (Fsp3) is 0.455. The maximum absolute atomic E-state index is 12.6. The van der Waals surface area contributed by atoms with E-state index < -0.39 is 35.7 Å². The van der Waals surface area contributed by atoms with Crippen molar-refractivity contribution < 1.29 is 19.1 Å². The van der Waals surface area contributed by atoms with Crippen molar-refractivity contribution in [2.45, 2.75) is 64.4 Å². The van der Waals surface area contributed by atoms with Gasteiger partial charge in [-0.1, -0.05) is 36.2 Å². The van der Waals surface area contributed by atoms with E-state index in [1.54, 1.807) is 25.1 Å². The van der Waals surface area contributed by atoms with Gasteiger partial charge in [0.2, 0.25) is 0 Å². The van der Waals surface area contributed by atoms with Gasteiger partial charge in [0.05, 0.1) is 6.10 Å². The quantitative estimate of drug-likeness (QED) is 0.578. The van der Waals surface area contributed by atoms with Gasteiger partial charge in [-0.15, -0.1) is 0 Å². The topological polar surface area (TPSA) is 107 Å². The SMILES string of the molecule is CCc1cn([C@@H]2CC(OC(C)=O)[C@H](CCC(=O)Cc3c(Cl)cccc3Cl)O2)c(=O)[nH]c1=O. The lowest BCUT2D eigenvalue weighted by Gasteiger charge is -2.18. The van der Waals surface area contributed by atoms with E-state index in [0.29, 0.717) is 27.6 Å². The molecule has 0 saturated carbocycles. The van der Waals surface area contributed by atoms with Crippen LogP contribution in [0.15, 0.2) is 34.0 Å². The van der Waals surface area contributed by atoms with Crippen LogP contribution in [0.2, 0.25) is 10.0 Å². The Morgan fingerprint density at radius 3 is 2.56 bits per heavy atom. The number of aromatic amines is 1. The van der Waals surface area contributed by atoms with E-state index in [0.717, 1.165) is 0 Å². The van der Waals surface area contributed by atoms with Gasteiger partial charge in [-0.25, -0.2) is 4.79 Å². The summed E-state index contributed by atoms with van der Waals surface area (Å²) in [5.41, 5.74) is -0.0468. The summed E-state index contributed by atoms with van der Waals surface area (Å²) in [5, 5.41) is 0.843. The summed E-state index contributed by atoms with van der Waals surface area (Å²) in [4.78, 5) is 50.6. The van der Waals surface area contributed by atoms with Crippen molar-refractivity contribution in [2.75, 3.05) is 0 Å². The molecule has 32 heavy (non-hydrogen) atoms. The summed E-state index contributed by atoms with van der Waals surface area (Å²) in [7, 11) is 0. The first-order valence-electron chi connectivity index (χ1n) is 10.3. The molecule has 8 nitrogen and oxygen atoms in total. The number of carbonyl (C=O) groups excluding carboxylic acids is 2. The van der Waals surface area contributed by atoms with Crippen molar-refractivity contribution in [3.8, 4) is 0 Å². The third-order valence-corrected chi connectivity index (χ3v) is 6.08. The number of ether oxygens (including phenoxy) is 2. The second-order valence-corrected chi connectivity index (χ2v) is 8.46. The van der Waals surface area contributed by atoms with E-state index in [-0.39, 0.29) is 31.5 Å². The average Bonchev–Trinajstić information content (AvgIpc) is 3.11. The van der Waals surface area contributed by atoms with Crippen LogP contribution in [0.25, 0.3) is 0 Å². The molecule has 1 fully saturated rings. The molecular formula is C22H24Cl2N2O6. The van der Waals surface area contributed by atoms with Gasteiger partial charge in [0, 0.05) is 48.0 Å². The van der Waals surface area contributed by atoms with E-state index in [1.165, 1.54) is 17.7 Å². The molecule has 0 radical (unpaired) electrons. The number of benzene rings is 1. The smallest absolute Gasteiger partial charge is 0.330 e. The Morgan fingerprint density at radius 2 is 1.94 bits per heavy atom. The molecule has 3 atom stereocenters. The lowest BCUT2D eigenvalue weighted by atomic mass is 10.0. The highest BCUT2D eigenvalue weighted by Crippen LogP contribution is 2.33. The van der Waals surface area contributed by atoms with Gasteiger partial charge in [0.15, 0.2) is 0 Å². The summed E-state index contributed by atoms with van der Waals surface area (Å²) in [6.07, 6.45) is 0.701. The summed E-state index contributed by atoms with van der Waals surface area (Å²) in [5.74, 6) is -0.579. The molecule has 1 N–H and O–H groups in total. The molecule has 1 aromatic heterocycles. The number of nitrogens with zero attached hydrogens (tertiary/aromatic N) is 1. The van der Waals surface area contributed by atoms with Gasteiger partial charge in [0.25, 0.3) is 5.56 Å². The van der Waals surface area contributed by atoms with Crippen molar-refractivity contribution >= 4 is 35.0 Å². The molecular weight excluding hydrogens is 459 g/mol. The first-order chi connectivity index (χ1) is 15.2. The second kappa shape index (κ2) is 10.5. The molecule has 1 saturated heterocycles. The summed E-state index contributed by atoms with van der Waals surface area (Å²) in [6, 6.07) is 5.05. The zero-order valence-electron chi connectivity index (χ0n) is 17.7. The van der Waals surface area contributed by atoms with Gasteiger partial charge < -0.3 is 9.47 Å². The third-order valence-electron chi connectivity index (χ3n) is 5.37. The molecule has 10 heteroatoms. The number of carbonyl (C=O) groups is 2. The number of hydrogen-bond donors (Lipinski definition) is 1. The molecule has 0 spiro atoms. The third kappa shape index (κ3) is 5.68. The summed E-state index contributed by atoms with van der Waals surface area (Å²) in [6.45, 7) is 3.09. The Morgan fingerprint density at radius 1 is 1.25 bits per heavy atom. The van der Waals surface area contributed by atoms with Crippen LogP contribution in [0.4, 0.5) is 0 Å². The Balaban J connectivity index is 1.72. The number of hydrogen-bond acceptors (Lipinski definition) is 6. The predicted molar refractivity (Wildman–Crippen MR) is 119 cm³/mol. The standard InChI is InChI=1S/C22H24Cl2N2O6/c1-3-13-11-26(22(30)25-21(13)29)20-10-19(31-12(2)27)18(32-20)8-7-14(28)9-15-16(23)5-4-6-17(15)24/h4-6,11,18-20H,3,7-10H2,1-2H3,(H,25,29,30)/t18-,19?,20-/m0/s1. The number of rotatable bonds is 8. The van der Waals surface area contributed by atoms with E-state index in [9.17, 15) is 19.2 Å². The number of nitrogens with one attached hydrogen (secondary N) is 1. The number of halogens is 2. The van der Waals surface area contributed by atoms with Gasteiger partial charge in [-0.05, 0) is 30.5 Å². The normalized spacial score (nSPS) is 20.3. The Labute approximate surface area is 194 Å². The number of aryl methyl sites for hydroxylation is 1. The minimum atomic E-state index is -0.730. The van der Waals surface area contributed by atoms with Crippen LogP contribution in [0.5, 0.6) is 0 Å². The number of esters is 1. The van der Waals surface area contributed by atoms with Gasteiger partial charge in [-0.3, -0.25) is 23.9 Å². The highest BCUT2D eigenvalue weighted by Gasteiger charge is 2.39. The van der Waals surface area contributed by atoms with Crippen molar-refractivity contribution in [3.05, 3.63) is 66.4 Å². The van der Waals surface area contributed by atoms with Crippen LogP contribution in [-0.4, -0.2) is 33.5 Å². The lowest BCUT2D eigenvalue weighted by molar-refractivity contribution is -0.149. The highest BCUT2D eigenvalue weighted by molar-refractivity contribution is 6.36. The monoisotopic (exact) mass is 482 g/mol. The molecule has 2 heterocycles. The van der Waals surface area contributed by atoms with Gasteiger partial charge in [0.1, 0.15) is 18.1 Å². The van der Waals surface area contributed by atoms with Crippen molar-refractivity contribution in [1.29, 1.82) is 0 Å². The first kappa shape index (κ1) is 24.2. The van der Waals surface area contributed by atoms with Gasteiger partial charge >= 0.3 is 11.7 Å². The van der Waals surface area contributed by atoms with E-state index in [2.05, 4.69) is 4.98 Å². The van der Waals surface area contributed by atoms with Gasteiger partial charge in [-0.2, -0.15) is 0 Å². The number of ketones is 1. The van der Waals surface area contributed by atoms with E-state index >= 15 is 0 Å². The lowest BCUT2D eigenvalue weighted by Crippen LogP contribution is -2.34. The molecule has 1 unspecified atom stereocenters. The van der Waals surface area contributed by atoms with Crippen LogP contribution in [-0.2, 0) is 31.9 Å². The Kier molecular flexibility index (Phi) is 7.92. The first-order valence-corrected chi connectivity index (χ1v) is 11.1. The van der Waals surface area contributed by atoms with Crippen LogP contribution >= 0.6 is 23.2 Å². The van der Waals surface area contributed by atoms with E-state index in [1.807, 2.05) is 0 Å².